The molecule has 80 valence electrons. The zero-order chi connectivity index (χ0) is 10.4. The fourth-order valence-corrected chi connectivity index (χ4v) is 1.08. The van der Waals surface area contributed by atoms with E-state index in [0.717, 1.165) is 5.56 Å². The van der Waals surface area contributed by atoms with Crippen molar-refractivity contribution in [1.29, 1.82) is 0 Å². The van der Waals surface area contributed by atoms with E-state index in [-0.39, 0.29) is 19.3 Å². The molecule has 1 heterocycles. The molecule has 0 spiro atoms. The molecule has 0 aromatic carbocycles. The van der Waals surface area contributed by atoms with Gasteiger partial charge in [-0.1, -0.05) is 0 Å². The van der Waals surface area contributed by atoms with Crippen LogP contribution in [0, 0.1) is 0 Å². The number of nitrogens with one attached hydrogen (secondary N) is 1. The highest BCUT2D eigenvalue weighted by Crippen LogP contribution is 1.97. The van der Waals surface area contributed by atoms with Crippen molar-refractivity contribution in [1.82, 2.24) is 15.1 Å². The molecule has 0 aliphatic rings. The van der Waals surface area contributed by atoms with E-state index in [1.165, 1.54) is 0 Å². The third-order valence-electron chi connectivity index (χ3n) is 1.94. The Bertz CT molecular complexity index is 262. The molecular formula is C9H17N3O2. The molecule has 1 atom stereocenters. The van der Waals surface area contributed by atoms with Crippen LogP contribution in [0.3, 0.4) is 0 Å². The molecule has 14 heavy (non-hydrogen) atoms. The fraction of sp³-hybridized carbons (Fsp3) is 0.667. The molecule has 1 rings (SSSR count). The van der Waals surface area contributed by atoms with E-state index in [9.17, 15) is 0 Å². The van der Waals surface area contributed by atoms with Crippen LogP contribution in [-0.2, 0) is 13.1 Å². The Morgan fingerprint density at radius 1 is 1.57 bits per heavy atom. The molecule has 5 heteroatoms. The van der Waals surface area contributed by atoms with Gasteiger partial charge in [-0.3, -0.25) is 4.68 Å². The lowest BCUT2D eigenvalue weighted by atomic mass is 10.3. The van der Waals surface area contributed by atoms with Crippen molar-refractivity contribution in [2.24, 2.45) is 0 Å². The highest BCUT2D eigenvalue weighted by Gasteiger charge is 2.01. The minimum absolute atomic E-state index is 0.0937. The second kappa shape index (κ2) is 5.74. The van der Waals surface area contributed by atoms with E-state index >= 15 is 0 Å². The summed E-state index contributed by atoms with van der Waals surface area (Å²) in [6.45, 7) is 3.35. The number of nitrogens with zero attached hydrogens (tertiary/aromatic N) is 2. The number of aromatic nitrogens is 2. The average molecular weight is 199 g/mol. The van der Waals surface area contributed by atoms with Crippen LogP contribution in [0.15, 0.2) is 12.4 Å². The van der Waals surface area contributed by atoms with Crippen LogP contribution in [-0.4, -0.2) is 39.2 Å². The third kappa shape index (κ3) is 3.45. The van der Waals surface area contributed by atoms with Gasteiger partial charge < -0.3 is 15.5 Å². The second-order valence-corrected chi connectivity index (χ2v) is 3.30. The molecule has 0 saturated heterocycles. The summed E-state index contributed by atoms with van der Waals surface area (Å²) in [6.07, 6.45) is 3.64. The molecule has 1 aromatic rings. The van der Waals surface area contributed by atoms with Gasteiger partial charge in [0.1, 0.15) is 0 Å². The Kier molecular flexibility index (Phi) is 4.58. The Balaban J connectivity index is 2.35. The topological polar surface area (TPSA) is 70.3 Å². The normalized spacial score (nSPS) is 13.1. The summed E-state index contributed by atoms with van der Waals surface area (Å²) in [6, 6.07) is 0.0937. The van der Waals surface area contributed by atoms with E-state index in [0.29, 0.717) is 13.1 Å². The van der Waals surface area contributed by atoms with E-state index in [1.54, 1.807) is 10.9 Å². The lowest BCUT2D eigenvalue weighted by molar-refractivity contribution is 0.251. The first-order chi connectivity index (χ1) is 6.76. The zero-order valence-corrected chi connectivity index (χ0v) is 8.35. The minimum Gasteiger partial charge on any atom is -0.395 e. The molecule has 1 aromatic heterocycles. The lowest BCUT2D eigenvalue weighted by Gasteiger charge is -2.08. The summed E-state index contributed by atoms with van der Waals surface area (Å²) in [4.78, 5) is 0. The first kappa shape index (κ1) is 11.2. The molecule has 5 nitrogen and oxygen atoms in total. The molecular weight excluding hydrogens is 182 g/mol. The fourth-order valence-electron chi connectivity index (χ4n) is 1.08. The molecule has 0 aliphatic carbocycles. The molecule has 0 amide bonds. The summed E-state index contributed by atoms with van der Waals surface area (Å²) in [7, 11) is 0. The quantitative estimate of drug-likeness (QED) is 0.569. The van der Waals surface area contributed by atoms with Gasteiger partial charge in [-0.25, -0.2) is 0 Å². The van der Waals surface area contributed by atoms with Crippen LogP contribution in [0.5, 0.6) is 0 Å². The smallest absolute Gasteiger partial charge is 0.0640 e. The van der Waals surface area contributed by atoms with Gasteiger partial charge in [-0.15, -0.1) is 0 Å². The summed E-state index contributed by atoms with van der Waals surface area (Å²) >= 11 is 0. The van der Waals surface area contributed by atoms with Gasteiger partial charge in [0.15, 0.2) is 0 Å². The average Bonchev–Trinajstić information content (AvgIpc) is 2.63. The van der Waals surface area contributed by atoms with Crippen molar-refractivity contribution in [3.8, 4) is 0 Å². The van der Waals surface area contributed by atoms with E-state index in [1.807, 2.05) is 13.1 Å². The van der Waals surface area contributed by atoms with E-state index in [2.05, 4.69) is 10.4 Å². The van der Waals surface area contributed by atoms with Crippen molar-refractivity contribution >= 4 is 0 Å². The van der Waals surface area contributed by atoms with Crippen molar-refractivity contribution in [2.75, 3.05) is 13.2 Å². The van der Waals surface area contributed by atoms with Crippen LogP contribution in [0.1, 0.15) is 12.5 Å². The van der Waals surface area contributed by atoms with Gasteiger partial charge in [0.2, 0.25) is 0 Å². The van der Waals surface area contributed by atoms with Crippen molar-refractivity contribution < 1.29 is 10.2 Å². The van der Waals surface area contributed by atoms with Gasteiger partial charge in [0.25, 0.3) is 0 Å². The zero-order valence-electron chi connectivity index (χ0n) is 8.35. The summed E-state index contributed by atoms with van der Waals surface area (Å²) in [5.41, 5.74) is 1.05. The molecule has 0 bridgehead atoms. The third-order valence-corrected chi connectivity index (χ3v) is 1.94. The standard InChI is InChI=1S/C9H17N3O2/c1-8(7-14)10-4-9-5-11-12(6-9)2-3-13/h5-6,8,10,13-14H,2-4,7H2,1H3/t8-/m1/s1. The predicted octanol–water partition coefficient (Wildman–Crippen LogP) is -0.654. The van der Waals surface area contributed by atoms with Crippen molar-refractivity contribution in [3.05, 3.63) is 18.0 Å². The summed E-state index contributed by atoms with van der Waals surface area (Å²) in [5.74, 6) is 0. The minimum atomic E-state index is 0.0937. The largest absolute Gasteiger partial charge is 0.395 e. The maximum atomic E-state index is 8.79. The summed E-state index contributed by atoms with van der Waals surface area (Å²) in [5, 5.41) is 24.7. The Morgan fingerprint density at radius 2 is 2.36 bits per heavy atom. The Hall–Kier alpha value is -0.910. The molecule has 0 radical (unpaired) electrons. The lowest BCUT2D eigenvalue weighted by Crippen LogP contribution is -2.28. The SMILES string of the molecule is C[C@H](CO)NCc1cnn(CCO)c1. The van der Waals surface area contributed by atoms with E-state index in [4.69, 9.17) is 10.2 Å². The monoisotopic (exact) mass is 199 g/mol. The molecule has 0 fully saturated rings. The van der Waals surface area contributed by atoms with Gasteiger partial charge in [-0.2, -0.15) is 5.10 Å². The Labute approximate surface area is 83.4 Å². The number of hydrogen-bond donors (Lipinski definition) is 3. The highest BCUT2D eigenvalue weighted by molar-refractivity contribution is 5.03. The number of aliphatic hydroxyl groups excluding tert-OH is 2. The van der Waals surface area contributed by atoms with Crippen LogP contribution in [0.2, 0.25) is 0 Å². The van der Waals surface area contributed by atoms with Gasteiger partial charge in [0.05, 0.1) is 26.0 Å². The Morgan fingerprint density at radius 3 is 3.00 bits per heavy atom. The van der Waals surface area contributed by atoms with Crippen LogP contribution >= 0.6 is 0 Å². The predicted molar refractivity (Wildman–Crippen MR) is 52.7 cm³/mol. The molecule has 0 saturated carbocycles. The number of aliphatic hydroxyl groups is 2. The highest BCUT2D eigenvalue weighted by atomic mass is 16.3. The first-order valence-corrected chi connectivity index (χ1v) is 4.72. The first-order valence-electron chi connectivity index (χ1n) is 4.72. The molecule has 0 aliphatic heterocycles. The van der Waals surface area contributed by atoms with Crippen molar-refractivity contribution in [2.45, 2.75) is 26.1 Å². The van der Waals surface area contributed by atoms with Crippen LogP contribution in [0.4, 0.5) is 0 Å². The van der Waals surface area contributed by atoms with E-state index < -0.39 is 0 Å². The summed E-state index contributed by atoms with van der Waals surface area (Å²) < 4.78 is 1.70. The van der Waals surface area contributed by atoms with Gasteiger partial charge in [-0.05, 0) is 6.92 Å². The van der Waals surface area contributed by atoms with Gasteiger partial charge >= 0.3 is 0 Å². The number of hydrogen-bond acceptors (Lipinski definition) is 4. The second-order valence-electron chi connectivity index (χ2n) is 3.30. The van der Waals surface area contributed by atoms with Crippen LogP contribution < -0.4 is 5.32 Å². The molecule has 3 N–H and O–H groups in total. The molecule has 0 unspecified atom stereocenters. The van der Waals surface area contributed by atoms with Gasteiger partial charge in [0, 0.05) is 24.3 Å². The maximum Gasteiger partial charge on any atom is 0.0640 e. The maximum absolute atomic E-state index is 8.79. The number of rotatable bonds is 6. The van der Waals surface area contributed by atoms with Crippen LogP contribution in [0.25, 0.3) is 0 Å². The van der Waals surface area contributed by atoms with Crippen molar-refractivity contribution in [3.63, 3.8) is 0 Å².